The highest BCUT2D eigenvalue weighted by atomic mass is 16.4. The van der Waals surface area contributed by atoms with E-state index in [1.54, 1.807) is 12.1 Å². The van der Waals surface area contributed by atoms with Gasteiger partial charge < -0.3 is 9.52 Å². The molecule has 0 aliphatic carbocycles. The summed E-state index contributed by atoms with van der Waals surface area (Å²) in [5.41, 5.74) is 2.93. The minimum absolute atomic E-state index is 0.346. The zero-order chi connectivity index (χ0) is 17.2. The number of furan rings is 1. The Morgan fingerprint density at radius 3 is 2.60 bits per heavy atom. The first kappa shape index (κ1) is 15.3. The van der Waals surface area contributed by atoms with E-state index in [0.29, 0.717) is 18.1 Å². The standard InChI is InChI=1S/C21H16N2O2/c1-2-18(24)19-12-13-20(25-19)21-16-10-6-7-11-17(16)23(22-21)14-15-8-4-3-5-9-15/h1,3-13,18,24H,14H2. The fourth-order valence-electron chi connectivity index (χ4n) is 2.90. The summed E-state index contributed by atoms with van der Waals surface area (Å²) in [6, 6.07) is 21.7. The summed E-state index contributed by atoms with van der Waals surface area (Å²) in [5, 5.41) is 15.5. The van der Waals surface area contributed by atoms with Crippen LogP contribution in [0.5, 0.6) is 0 Å². The summed E-state index contributed by atoms with van der Waals surface area (Å²) in [4.78, 5) is 0. The largest absolute Gasteiger partial charge is 0.456 e. The zero-order valence-corrected chi connectivity index (χ0v) is 13.5. The molecule has 0 aliphatic heterocycles. The molecule has 0 aliphatic rings. The topological polar surface area (TPSA) is 51.2 Å². The van der Waals surface area contributed by atoms with Crippen molar-refractivity contribution in [2.45, 2.75) is 12.6 Å². The zero-order valence-electron chi connectivity index (χ0n) is 13.5. The molecule has 0 saturated heterocycles. The van der Waals surface area contributed by atoms with Crippen LogP contribution in [0.2, 0.25) is 0 Å². The lowest BCUT2D eigenvalue weighted by atomic mass is 10.2. The van der Waals surface area contributed by atoms with Gasteiger partial charge in [-0.05, 0) is 23.8 Å². The Kier molecular flexibility index (Phi) is 3.85. The molecular weight excluding hydrogens is 312 g/mol. The number of terminal acetylenes is 1. The average molecular weight is 328 g/mol. The highest BCUT2D eigenvalue weighted by Gasteiger charge is 2.17. The van der Waals surface area contributed by atoms with Crippen LogP contribution >= 0.6 is 0 Å². The third-order valence-corrected chi connectivity index (χ3v) is 4.12. The van der Waals surface area contributed by atoms with Gasteiger partial charge in [-0.2, -0.15) is 5.10 Å². The van der Waals surface area contributed by atoms with Gasteiger partial charge in [0.2, 0.25) is 0 Å². The Labute approximate surface area is 145 Å². The maximum absolute atomic E-state index is 9.75. The number of rotatable bonds is 4. The molecule has 0 spiro atoms. The summed E-state index contributed by atoms with van der Waals surface area (Å²) in [6.45, 7) is 0.669. The molecule has 0 bridgehead atoms. The van der Waals surface area contributed by atoms with Crippen molar-refractivity contribution in [3.63, 3.8) is 0 Å². The van der Waals surface area contributed by atoms with Crippen LogP contribution < -0.4 is 0 Å². The van der Waals surface area contributed by atoms with Crippen LogP contribution in [0.15, 0.2) is 71.1 Å². The summed E-state index contributed by atoms with van der Waals surface area (Å²) in [7, 11) is 0. The van der Waals surface area contributed by atoms with Crippen molar-refractivity contribution in [3.8, 4) is 23.8 Å². The molecule has 4 rings (SSSR count). The fraction of sp³-hybridized carbons (Fsp3) is 0.0952. The van der Waals surface area contributed by atoms with E-state index >= 15 is 0 Å². The Bertz CT molecular complexity index is 1050. The molecule has 2 heterocycles. The van der Waals surface area contributed by atoms with E-state index in [2.05, 4.69) is 18.1 Å². The van der Waals surface area contributed by atoms with Gasteiger partial charge in [-0.25, -0.2) is 0 Å². The molecule has 1 N–H and O–H groups in total. The molecule has 25 heavy (non-hydrogen) atoms. The summed E-state index contributed by atoms with van der Waals surface area (Å²) >= 11 is 0. The highest BCUT2D eigenvalue weighted by molar-refractivity contribution is 5.92. The van der Waals surface area contributed by atoms with Gasteiger partial charge in [0, 0.05) is 5.39 Å². The van der Waals surface area contributed by atoms with Gasteiger partial charge in [-0.1, -0.05) is 54.5 Å². The number of aliphatic hydroxyl groups is 1. The molecule has 0 amide bonds. The van der Waals surface area contributed by atoms with Crippen molar-refractivity contribution in [2.24, 2.45) is 0 Å². The first-order valence-electron chi connectivity index (χ1n) is 8.00. The van der Waals surface area contributed by atoms with Crippen LogP contribution in [0.25, 0.3) is 22.4 Å². The van der Waals surface area contributed by atoms with E-state index in [9.17, 15) is 5.11 Å². The SMILES string of the molecule is C#CC(O)c1ccc(-c2nn(Cc3ccccc3)c3ccccc23)o1. The summed E-state index contributed by atoms with van der Waals surface area (Å²) < 4.78 is 7.68. The van der Waals surface area contributed by atoms with Crippen LogP contribution in [0.4, 0.5) is 0 Å². The number of nitrogens with zero attached hydrogens (tertiary/aromatic N) is 2. The maximum atomic E-state index is 9.75. The normalized spacial score (nSPS) is 12.2. The van der Waals surface area contributed by atoms with E-state index < -0.39 is 6.10 Å². The molecule has 4 aromatic rings. The number of aromatic nitrogens is 2. The second-order valence-corrected chi connectivity index (χ2v) is 5.78. The fourth-order valence-corrected chi connectivity index (χ4v) is 2.90. The smallest absolute Gasteiger partial charge is 0.172 e. The van der Waals surface area contributed by atoms with Crippen molar-refractivity contribution in [2.75, 3.05) is 0 Å². The predicted molar refractivity (Wildman–Crippen MR) is 96.8 cm³/mol. The summed E-state index contributed by atoms with van der Waals surface area (Å²) in [6.07, 6.45) is 4.20. The number of para-hydroxylation sites is 1. The lowest BCUT2D eigenvalue weighted by molar-refractivity contribution is 0.207. The summed E-state index contributed by atoms with van der Waals surface area (Å²) in [5.74, 6) is 3.19. The Morgan fingerprint density at radius 1 is 1.04 bits per heavy atom. The molecule has 0 radical (unpaired) electrons. The van der Waals surface area contributed by atoms with Crippen LogP contribution in [-0.4, -0.2) is 14.9 Å². The number of hydrogen-bond acceptors (Lipinski definition) is 3. The molecule has 1 atom stereocenters. The molecule has 1 unspecified atom stereocenters. The van der Waals surface area contributed by atoms with Crippen molar-refractivity contribution in [3.05, 3.63) is 78.1 Å². The van der Waals surface area contributed by atoms with Crippen molar-refractivity contribution in [1.82, 2.24) is 9.78 Å². The molecule has 2 aromatic heterocycles. The average Bonchev–Trinajstić information content (AvgIpc) is 3.27. The predicted octanol–water partition coefficient (Wildman–Crippen LogP) is 4.01. The van der Waals surface area contributed by atoms with Gasteiger partial charge in [-0.3, -0.25) is 4.68 Å². The van der Waals surface area contributed by atoms with Gasteiger partial charge in [0.25, 0.3) is 0 Å². The van der Waals surface area contributed by atoms with E-state index in [1.807, 2.05) is 47.1 Å². The second kappa shape index (κ2) is 6.31. The molecular formula is C21H16N2O2. The molecule has 122 valence electrons. The Hall–Kier alpha value is -3.29. The van der Waals surface area contributed by atoms with Gasteiger partial charge in [0.1, 0.15) is 11.5 Å². The van der Waals surface area contributed by atoms with Crippen molar-refractivity contribution in [1.29, 1.82) is 0 Å². The van der Waals surface area contributed by atoms with Crippen LogP contribution in [0.3, 0.4) is 0 Å². The quantitative estimate of drug-likeness (QED) is 0.576. The molecule has 4 nitrogen and oxygen atoms in total. The third kappa shape index (κ3) is 2.82. The van der Waals surface area contributed by atoms with Crippen molar-refractivity contribution < 1.29 is 9.52 Å². The highest BCUT2D eigenvalue weighted by Crippen LogP contribution is 2.31. The van der Waals surface area contributed by atoms with Crippen molar-refractivity contribution >= 4 is 10.9 Å². The van der Waals surface area contributed by atoms with Gasteiger partial charge in [0.05, 0.1) is 12.1 Å². The molecule has 0 fully saturated rings. The first-order chi connectivity index (χ1) is 12.3. The number of hydrogen-bond donors (Lipinski definition) is 1. The van der Waals surface area contributed by atoms with Crippen LogP contribution in [-0.2, 0) is 6.54 Å². The molecule has 2 aromatic carbocycles. The van der Waals surface area contributed by atoms with Crippen LogP contribution in [0, 0.1) is 12.3 Å². The Balaban J connectivity index is 1.80. The van der Waals surface area contributed by atoms with Gasteiger partial charge >= 0.3 is 0 Å². The number of fused-ring (bicyclic) bond motifs is 1. The number of benzene rings is 2. The van der Waals surface area contributed by atoms with Gasteiger partial charge in [-0.15, -0.1) is 6.42 Å². The lowest BCUT2D eigenvalue weighted by Gasteiger charge is -2.03. The minimum atomic E-state index is -1.05. The second-order valence-electron chi connectivity index (χ2n) is 5.78. The number of aliphatic hydroxyl groups excluding tert-OH is 1. The van der Waals surface area contributed by atoms with E-state index in [0.717, 1.165) is 16.6 Å². The van der Waals surface area contributed by atoms with Gasteiger partial charge in [0.15, 0.2) is 11.9 Å². The Morgan fingerprint density at radius 2 is 1.80 bits per heavy atom. The first-order valence-corrected chi connectivity index (χ1v) is 8.00. The third-order valence-electron chi connectivity index (χ3n) is 4.12. The molecule has 0 saturated carbocycles. The molecule has 4 heteroatoms. The van der Waals surface area contributed by atoms with E-state index in [1.165, 1.54) is 5.56 Å². The maximum Gasteiger partial charge on any atom is 0.172 e. The lowest BCUT2D eigenvalue weighted by Crippen LogP contribution is -2.01. The van der Waals surface area contributed by atoms with E-state index in [-0.39, 0.29) is 0 Å². The minimum Gasteiger partial charge on any atom is -0.456 e. The van der Waals surface area contributed by atoms with E-state index in [4.69, 9.17) is 15.9 Å². The monoisotopic (exact) mass is 328 g/mol. The van der Waals surface area contributed by atoms with Crippen LogP contribution in [0.1, 0.15) is 17.4 Å².